The zero-order valence-corrected chi connectivity index (χ0v) is 15.9. The van der Waals surface area contributed by atoms with Gasteiger partial charge in [0.05, 0.1) is 5.69 Å². The van der Waals surface area contributed by atoms with Crippen LogP contribution in [0.5, 0.6) is 0 Å². The molecule has 1 aromatic carbocycles. The van der Waals surface area contributed by atoms with Gasteiger partial charge in [0.15, 0.2) is 0 Å². The van der Waals surface area contributed by atoms with E-state index in [9.17, 15) is 0 Å². The first-order valence-electron chi connectivity index (χ1n) is 9.36. The molecule has 1 heteroatoms. The van der Waals surface area contributed by atoms with E-state index in [0.717, 1.165) is 29.2 Å². The third-order valence-electron chi connectivity index (χ3n) is 4.53. The van der Waals surface area contributed by atoms with Gasteiger partial charge in [0.25, 0.3) is 0 Å². The Morgan fingerprint density at radius 3 is 2.04 bits per heavy atom. The topological polar surface area (TPSA) is 12.9 Å². The van der Waals surface area contributed by atoms with Crippen molar-refractivity contribution < 1.29 is 1.43 Å². The zero-order valence-electron chi connectivity index (χ0n) is 15.9. The first kappa shape index (κ1) is 20.2. The Balaban J connectivity index is 0.000000552. The van der Waals surface area contributed by atoms with Crippen molar-refractivity contribution in [3.05, 3.63) is 60.3 Å². The monoisotopic (exact) mass is 325 g/mol. The second-order valence-corrected chi connectivity index (χ2v) is 6.20. The molecule has 0 spiro atoms. The molecule has 0 radical (unpaired) electrons. The van der Waals surface area contributed by atoms with Crippen molar-refractivity contribution in [2.45, 2.75) is 59.8 Å². The molecular weight excluding hydrogens is 290 g/mol. The lowest BCUT2D eigenvalue weighted by Crippen LogP contribution is -1.94. The van der Waals surface area contributed by atoms with Gasteiger partial charge < -0.3 is 0 Å². The molecular formula is C23H35N. The van der Waals surface area contributed by atoms with E-state index in [0.29, 0.717) is 0 Å². The average molecular weight is 326 g/mol. The van der Waals surface area contributed by atoms with Crippen molar-refractivity contribution >= 4 is 6.08 Å². The predicted molar refractivity (Wildman–Crippen MR) is 110 cm³/mol. The summed E-state index contributed by atoms with van der Waals surface area (Å²) in [4.78, 5) is 4.45. The van der Waals surface area contributed by atoms with Crippen molar-refractivity contribution in [2.24, 2.45) is 5.92 Å². The number of hydrogen-bond donors (Lipinski definition) is 0. The SMILES string of the molecule is C=Cc1ccc(-c2ccc(CC)cn2)cc1.CCCC(CC)CC.[HH]. The normalized spacial score (nSPS) is 10.2. The van der Waals surface area contributed by atoms with E-state index in [1.807, 2.05) is 12.3 Å². The zero-order chi connectivity index (χ0) is 17.8. The van der Waals surface area contributed by atoms with E-state index in [4.69, 9.17) is 0 Å². The molecule has 0 aliphatic heterocycles. The van der Waals surface area contributed by atoms with E-state index in [2.05, 4.69) is 75.7 Å². The summed E-state index contributed by atoms with van der Waals surface area (Å²) in [6.07, 6.45) is 10.3. The van der Waals surface area contributed by atoms with Crippen molar-refractivity contribution in [1.82, 2.24) is 4.98 Å². The van der Waals surface area contributed by atoms with Crippen LogP contribution in [-0.2, 0) is 6.42 Å². The molecule has 132 valence electrons. The molecule has 0 unspecified atom stereocenters. The van der Waals surface area contributed by atoms with Gasteiger partial charge in [-0.1, -0.05) is 96.4 Å². The summed E-state index contributed by atoms with van der Waals surface area (Å²) < 4.78 is 0. The molecule has 1 nitrogen and oxygen atoms in total. The molecule has 0 N–H and O–H groups in total. The number of hydrogen-bond acceptors (Lipinski definition) is 1. The predicted octanol–water partition coefficient (Wildman–Crippen LogP) is 7.42. The fourth-order valence-electron chi connectivity index (χ4n) is 2.70. The third kappa shape index (κ3) is 6.70. The van der Waals surface area contributed by atoms with Gasteiger partial charge in [-0.05, 0) is 29.5 Å². The molecule has 0 atom stereocenters. The Morgan fingerprint density at radius 1 is 1.00 bits per heavy atom. The van der Waals surface area contributed by atoms with Crippen LogP contribution < -0.4 is 0 Å². The maximum atomic E-state index is 4.45. The summed E-state index contributed by atoms with van der Waals surface area (Å²) in [5.41, 5.74) is 4.57. The standard InChI is InChI=1S/C15H15N.C8H18.H2/c1-3-12-5-8-14(9-6-12)15-10-7-13(4-2)11-16-15;1-4-7-8(5-2)6-3;/h3,5-11H,1,4H2,2H3;8H,4-7H2,1-3H3;1H. The lowest BCUT2D eigenvalue weighted by atomic mass is 9.98. The minimum absolute atomic E-state index is 0. The number of rotatable bonds is 7. The van der Waals surface area contributed by atoms with Crippen LogP contribution in [0.15, 0.2) is 49.2 Å². The maximum Gasteiger partial charge on any atom is 0.0702 e. The van der Waals surface area contributed by atoms with E-state index >= 15 is 0 Å². The van der Waals surface area contributed by atoms with Gasteiger partial charge in [0, 0.05) is 13.2 Å². The number of aryl methyl sites for hydroxylation is 1. The Bertz CT molecular complexity index is 568. The molecule has 2 aromatic rings. The molecule has 1 aromatic heterocycles. The second-order valence-electron chi connectivity index (χ2n) is 6.20. The van der Waals surface area contributed by atoms with E-state index in [1.54, 1.807) is 0 Å². The lowest BCUT2D eigenvalue weighted by molar-refractivity contribution is 0.451. The molecule has 0 amide bonds. The fourth-order valence-corrected chi connectivity index (χ4v) is 2.70. The van der Waals surface area contributed by atoms with E-state index in [1.165, 1.54) is 31.2 Å². The molecule has 0 saturated carbocycles. The average Bonchev–Trinajstić information content (AvgIpc) is 2.66. The van der Waals surface area contributed by atoms with Crippen LogP contribution in [0.3, 0.4) is 0 Å². The highest BCUT2D eigenvalue weighted by Gasteiger charge is 1.99. The van der Waals surface area contributed by atoms with Crippen LogP contribution in [0.25, 0.3) is 17.3 Å². The Hall–Kier alpha value is -1.89. The highest BCUT2D eigenvalue weighted by Crippen LogP contribution is 2.18. The van der Waals surface area contributed by atoms with Crippen LogP contribution in [0.2, 0.25) is 0 Å². The second kappa shape index (κ2) is 11.6. The summed E-state index contributed by atoms with van der Waals surface area (Å²) >= 11 is 0. The summed E-state index contributed by atoms with van der Waals surface area (Å²) in [5.74, 6) is 1.000. The van der Waals surface area contributed by atoms with E-state index in [-0.39, 0.29) is 1.43 Å². The molecule has 24 heavy (non-hydrogen) atoms. The van der Waals surface area contributed by atoms with Gasteiger partial charge in [-0.2, -0.15) is 0 Å². The maximum absolute atomic E-state index is 4.45. The summed E-state index contributed by atoms with van der Waals surface area (Å²) in [5, 5.41) is 0. The number of pyridine rings is 1. The molecule has 0 saturated heterocycles. The Kier molecular flexibility index (Phi) is 9.76. The molecule has 0 fully saturated rings. The first-order chi connectivity index (χ1) is 11.7. The molecule has 0 bridgehead atoms. The first-order valence-corrected chi connectivity index (χ1v) is 9.36. The van der Waals surface area contributed by atoms with Crippen molar-refractivity contribution in [3.63, 3.8) is 0 Å². The van der Waals surface area contributed by atoms with Crippen LogP contribution in [-0.4, -0.2) is 4.98 Å². The number of benzene rings is 1. The molecule has 2 rings (SSSR count). The van der Waals surface area contributed by atoms with Gasteiger partial charge in [-0.3, -0.25) is 4.98 Å². The van der Waals surface area contributed by atoms with Crippen molar-refractivity contribution in [2.75, 3.05) is 0 Å². The number of aromatic nitrogens is 1. The highest BCUT2D eigenvalue weighted by molar-refractivity contribution is 5.62. The molecule has 0 aliphatic rings. The molecule has 1 heterocycles. The van der Waals surface area contributed by atoms with Gasteiger partial charge in [-0.25, -0.2) is 0 Å². The van der Waals surface area contributed by atoms with Gasteiger partial charge >= 0.3 is 0 Å². The highest BCUT2D eigenvalue weighted by atomic mass is 14.7. The fraction of sp³-hybridized carbons (Fsp3) is 0.435. The van der Waals surface area contributed by atoms with Crippen molar-refractivity contribution in [3.8, 4) is 11.3 Å². The quantitative estimate of drug-likeness (QED) is 0.516. The lowest BCUT2D eigenvalue weighted by Gasteiger charge is -2.08. The van der Waals surface area contributed by atoms with Gasteiger partial charge in [0.1, 0.15) is 0 Å². The summed E-state index contributed by atoms with van der Waals surface area (Å²) in [6, 6.07) is 12.5. The summed E-state index contributed by atoms with van der Waals surface area (Å²) in [7, 11) is 0. The van der Waals surface area contributed by atoms with Crippen LogP contribution in [0, 0.1) is 5.92 Å². The van der Waals surface area contributed by atoms with E-state index < -0.39 is 0 Å². The van der Waals surface area contributed by atoms with Crippen LogP contribution >= 0.6 is 0 Å². The Labute approximate surface area is 150 Å². The molecule has 0 aliphatic carbocycles. The number of nitrogens with zero attached hydrogens (tertiary/aromatic N) is 1. The largest absolute Gasteiger partial charge is 0.256 e. The summed E-state index contributed by atoms with van der Waals surface area (Å²) in [6.45, 7) is 12.7. The van der Waals surface area contributed by atoms with Crippen LogP contribution in [0.4, 0.5) is 0 Å². The smallest absolute Gasteiger partial charge is 0.0702 e. The minimum Gasteiger partial charge on any atom is -0.256 e. The van der Waals surface area contributed by atoms with Gasteiger partial charge in [-0.15, -0.1) is 0 Å². The Morgan fingerprint density at radius 2 is 1.67 bits per heavy atom. The van der Waals surface area contributed by atoms with Crippen LogP contribution in [0.1, 0.15) is 65.9 Å². The van der Waals surface area contributed by atoms with Gasteiger partial charge in [0.2, 0.25) is 0 Å². The minimum atomic E-state index is 0. The van der Waals surface area contributed by atoms with Crippen molar-refractivity contribution in [1.29, 1.82) is 0 Å². The third-order valence-corrected chi connectivity index (χ3v) is 4.53.